The molecule has 0 radical (unpaired) electrons. The van der Waals surface area contributed by atoms with Gasteiger partial charge in [0.2, 0.25) is 5.91 Å². The lowest BCUT2D eigenvalue weighted by Gasteiger charge is -2.24. The van der Waals surface area contributed by atoms with E-state index < -0.39 is 24.0 Å². The number of hydrogen-bond donors (Lipinski definition) is 1. The molecule has 0 heterocycles. The van der Waals surface area contributed by atoms with Crippen LogP contribution in [-0.2, 0) is 4.79 Å². The second-order valence-corrected chi connectivity index (χ2v) is 2.96. The van der Waals surface area contributed by atoms with E-state index in [0.717, 1.165) is 6.92 Å². The lowest BCUT2D eigenvalue weighted by Crippen LogP contribution is -2.47. The van der Waals surface area contributed by atoms with E-state index >= 15 is 0 Å². The molecule has 0 aliphatic heterocycles. The van der Waals surface area contributed by atoms with Gasteiger partial charge in [-0.25, -0.2) is 0 Å². The third kappa shape index (κ3) is 3.59. The second kappa shape index (κ2) is 3.78. The number of alkyl halides is 3. The van der Waals surface area contributed by atoms with Crippen LogP contribution in [0, 0.1) is 5.92 Å². The van der Waals surface area contributed by atoms with Crippen LogP contribution in [0.25, 0.3) is 0 Å². The first-order valence-corrected chi connectivity index (χ1v) is 3.59. The summed E-state index contributed by atoms with van der Waals surface area (Å²) in [4.78, 5) is 10.4. The largest absolute Gasteiger partial charge is 0.408 e. The van der Waals surface area contributed by atoms with Crippen molar-refractivity contribution in [1.82, 2.24) is 5.32 Å². The van der Waals surface area contributed by atoms with E-state index in [1.807, 2.05) is 5.32 Å². The molecule has 2 nitrogen and oxygen atoms in total. The number of carbonyl (C=O) groups excluding carboxylic acids is 1. The van der Waals surface area contributed by atoms with Crippen LogP contribution in [0.1, 0.15) is 20.8 Å². The van der Waals surface area contributed by atoms with Gasteiger partial charge in [0, 0.05) is 6.92 Å². The Balaban J connectivity index is 4.35. The van der Waals surface area contributed by atoms with Crippen molar-refractivity contribution in [3.63, 3.8) is 0 Å². The van der Waals surface area contributed by atoms with Crippen LogP contribution in [0.3, 0.4) is 0 Å². The highest BCUT2D eigenvalue weighted by Gasteiger charge is 2.41. The zero-order valence-electron chi connectivity index (χ0n) is 7.20. The third-order valence-corrected chi connectivity index (χ3v) is 1.38. The molecule has 0 saturated heterocycles. The normalized spacial score (nSPS) is 14.6. The molecular formula is C7H12F3NO. The van der Waals surface area contributed by atoms with Crippen LogP contribution in [0.5, 0.6) is 0 Å². The fourth-order valence-corrected chi connectivity index (χ4v) is 0.845. The fourth-order valence-electron chi connectivity index (χ4n) is 0.845. The molecule has 72 valence electrons. The predicted molar refractivity (Wildman–Crippen MR) is 38.5 cm³/mol. The fraction of sp³-hybridized carbons (Fsp3) is 0.857. The molecule has 0 aromatic carbocycles. The summed E-state index contributed by atoms with van der Waals surface area (Å²) in [5.41, 5.74) is 0. The Morgan fingerprint density at radius 3 is 1.83 bits per heavy atom. The summed E-state index contributed by atoms with van der Waals surface area (Å²) in [6.07, 6.45) is -4.36. The summed E-state index contributed by atoms with van der Waals surface area (Å²) < 4.78 is 36.3. The van der Waals surface area contributed by atoms with Crippen molar-refractivity contribution < 1.29 is 18.0 Å². The molecule has 5 heteroatoms. The van der Waals surface area contributed by atoms with Crippen molar-refractivity contribution in [3.05, 3.63) is 0 Å². The minimum atomic E-state index is -4.36. The van der Waals surface area contributed by atoms with Gasteiger partial charge in [-0.05, 0) is 5.92 Å². The number of rotatable bonds is 2. The second-order valence-electron chi connectivity index (χ2n) is 2.96. The summed E-state index contributed by atoms with van der Waals surface area (Å²) >= 11 is 0. The predicted octanol–water partition coefficient (Wildman–Crippen LogP) is 1.71. The molecule has 0 aromatic rings. The molecular weight excluding hydrogens is 171 g/mol. The van der Waals surface area contributed by atoms with E-state index in [-0.39, 0.29) is 0 Å². The Morgan fingerprint density at radius 2 is 1.75 bits per heavy atom. The number of carbonyl (C=O) groups is 1. The maximum Gasteiger partial charge on any atom is 0.408 e. The van der Waals surface area contributed by atoms with Crippen molar-refractivity contribution in [3.8, 4) is 0 Å². The lowest BCUT2D eigenvalue weighted by atomic mass is 10.0. The average Bonchev–Trinajstić information content (AvgIpc) is 1.79. The molecule has 0 fully saturated rings. The van der Waals surface area contributed by atoms with E-state index in [1.54, 1.807) is 0 Å². The molecule has 0 spiro atoms. The van der Waals surface area contributed by atoms with E-state index in [9.17, 15) is 18.0 Å². The van der Waals surface area contributed by atoms with Gasteiger partial charge < -0.3 is 5.32 Å². The highest BCUT2D eigenvalue weighted by Crippen LogP contribution is 2.25. The molecule has 0 aliphatic carbocycles. The monoisotopic (exact) mass is 183 g/mol. The highest BCUT2D eigenvalue weighted by molar-refractivity contribution is 5.73. The molecule has 0 saturated carbocycles. The highest BCUT2D eigenvalue weighted by atomic mass is 19.4. The Labute approximate surface area is 69.1 Å². The first-order valence-electron chi connectivity index (χ1n) is 3.59. The molecule has 1 amide bonds. The van der Waals surface area contributed by atoms with E-state index in [4.69, 9.17) is 0 Å². The zero-order valence-corrected chi connectivity index (χ0v) is 7.20. The van der Waals surface area contributed by atoms with Gasteiger partial charge >= 0.3 is 6.18 Å². The van der Waals surface area contributed by atoms with Crippen molar-refractivity contribution in [2.75, 3.05) is 0 Å². The zero-order chi connectivity index (χ0) is 9.94. The number of amides is 1. The third-order valence-electron chi connectivity index (χ3n) is 1.38. The molecule has 0 rings (SSSR count). The standard InChI is InChI=1S/C7H12F3NO/c1-4(2)6(7(8,9)10)11-5(3)12/h4,6H,1-3H3,(H,11,12)/t6-/m1/s1. The van der Waals surface area contributed by atoms with Crippen molar-refractivity contribution in [2.24, 2.45) is 5.92 Å². The molecule has 12 heavy (non-hydrogen) atoms. The van der Waals surface area contributed by atoms with Gasteiger partial charge in [0.05, 0.1) is 0 Å². The molecule has 1 atom stereocenters. The van der Waals surface area contributed by atoms with Crippen LogP contribution in [0.4, 0.5) is 13.2 Å². The van der Waals surface area contributed by atoms with Gasteiger partial charge in [-0.2, -0.15) is 13.2 Å². The Hall–Kier alpha value is -0.740. The number of halogens is 3. The quantitative estimate of drug-likeness (QED) is 0.693. The maximum atomic E-state index is 12.1. The molecule has 0 unspecified atom stereocenters. The van der Waals surface area contributed by atoms with Crippen molar-refractivity contribution in [1.29, 1.82) is 0 Å². The summed E-state index contributed by atoms with van der Waals surface area (Å²) in [6, 6.07) is -1.74. The summed E-state index contributed by atoms with van der Waals surface area (Å²) in [6.45, 7) is 3.89. The van der Waals surface area contributed by atoms with Gasteiger partial charge in [0.15, 0.2) is 0 Å². The lowest BCUT2D eigenvalue weighted by molar-refractivity contribution is -0.169. The van der Waals surface area contributed by atoms with Gasteiger partial charge in [0.1, 0.15) is 6.04 Å². The molecule has 1 N–H and O–H groups in total. The average molecular weight is 183 g/mol. The number of hydrogen-bond acceptors (Lipinski definition) is 1. The first-order chi connectivity index (χ1) is 5.25. The first kappa shape index (κ1) is 11.3. The Kier molecular flexibility index (Phi) is 3.55. The van der Waals surface area contributed by atoms with Gasteiger partial charge in [-0.3, -0.25) is 4.79 Å². The van der Waals surface area contributed by atoms with Gasteiger partial charge in [-0.1, -0.05) is 13.8 Å². The van der Waals surface area contributed by atoms with E-state index in [1.165, 1.54) is 13.8 Å². The molecule has 0 aliphatic rings. The molecule has 0 bridgehead atoms. The van der Waals surface area contributed by atoms with E-state index in [2.05, 4.69) is 0 Å². The van der Waals surface area contributed by atoms with E-state index in [0.29, 0.717) is 0 Å². The van der Waals surface area contributed by atoms with Gasteiger partial charge in [0.25, 0.3) is 0 Å². The van der Waals surface area contributed by atoms with Crippen LogP contribution >= 0.6 is 0 Å². The Bertz CT molecular complexity index is 165. The summed E-state index contributed by atoms with van der Waals surface area (Å²) in [5, 5.41) is 1.86. The van der Waals surface area contributed by atoms with Crippen molar-refractivity contribution >= 4 is 5.91 Å². The van der Waals surface area contributed by atoms with Crippen LogP contribution in [0.15, 0.2) is 0 Å². The smallest absolute Gasteiger partial charge is 0.344 e. The van der Waals surface area contributed by atoms with Crippen LogP contribution < -0.4 is 5.32 Å². The minimum absolute atomic E-state index is 0.645. The van der Waals surface area contributed by atoms with Crippen LogP contribution in [-0.4, -0.2) is 18.1 Å². The van der Waals surface area contributed by atoms with Crippen LogP contribution in [0.2, 0.25) is 0 Å². The Morgan fingerprint density at radius 1 is 1.33 bits per heavy atom. The minimum Gasteiger partial charge on any atom is -0.344 e. The van der Waals surface area contributed by atoms with Crippen molar-refractivity contribution in [2.45, 2.75) is 33.0 Å². The number of nitrogens with one attached hydrogen (secondary N) is 1. The van der Waals surface area contributed by atoms with Gasteiger partial charge in [-0.15, -0.1) is 0 Å². The molecule has 0 aromatic heterocycles. The summed E-state index contributed by atoms with van der Waals surface area (Å²) in [5.74, 6) is -1.31. The SMILES string of the molecule is CC(=O)N[C@H](C(C)C)C(F)(F)F. The topological polar surface area (TPSA) is 29.1 Å². The summed E-state index contributed by atoms with van der Waals surface area (Å²) in [7, 11) is 0. The maximum absolute atomic E-state index is 12.1.